The SMILES string of the molecule is Cc1ccc(S(=O)(=O)N(C)c2ccc(C(=O)N(C)Cc3cnn(Cc4ccccc4)c3)cc2)cc1. The van der Waals surface area contributed by atoms with Gasteiger partial charge in [-0.15, -0.1) is 0 Å². The third-order valence-corrected chi connectivity index (χ3v) is 7.60. The molecule has 0 atom stereocenters. The Bertz CT molecular complexity index is 1400. The summed E-state index contributed by atoms with van der Waals surface area (Å²) in [6.45, 7) is 2.99. The standard InChI is InChI=1S/C27H28N4O3S/c1-21-9-15-26(16-10-21)35(33,34)30(3)25-13-11-24(12-14-25)27(32)29(2)18-23-17-28-31(20-23)19-22-7-5-4-6-8-22/h4-17,20H,18-19H2,1-3H3. The van der Waals surface area contributed by atoms with Crippen LogP contribution in [-0.2, 0) is 23.1 Å². The molecule has 8 heteroatoms. The Balaban J connectivity index is 1.41. The van der Waals surface area contributed by atoms with Crippen molar-refractivity contribution in [2.45, 2.75) is 24.9 Å². The van der Waals surface area contributed by atoms with E-state index in [1.165, 1.54) is 11.4 Å². The van der Waals surface area contributed by atoms with E-state index in [1.807, 2.05) is 48.1 Å². The minimum atomic E-state index is -3.69. The molecule has 180 valence electrons. The molecule has 35 heavy (non-hydrogen) atoms. The summed E-state index contributed by atoms with van der Waals surface area (Å²) in [5.74, 6) is -0.156. The summed E-state index contributed by atoms with van der Waals surface area (Å²) in [4.78, 5) is 14.8. The molecule has 1 aromatic heterocycles. The molecule has 0 unspecified atom stereocenters. The summed E-state index contributed by atoms with van der Waals surface area (Å²) in [5, 5.41) is 4.40. The fourth-order valence-electron chi connectivity index (χ4n) is 3.73. The molecule has 0 aliphatic carbocycles. The highest BCUT2D eigenvalue weighted by Gasteiger charge is 2.22. The molecule has 0 spiro atoms. The van der Waals surface area contributed by atoms with Crippen LogP contribution in [0.1, 0.15) is 27.0 Å². The van der Waals surface area contributed by atoms with Crippen LogP contribution in [0.4, 0.5) is 5.69 Å². The second-order valence-corrected chi connectivity index (χ2v) is 10.5. The van der Waals surface area contributed by atoms with E-state index in [0.29, 0.717) is 24.3 Å². The van der Waals surface area contributed by atoms with Crippen molar-refractivity contribution in [3.63, 3.8) is 0 Å². The second kappa shape index (κ2) is 10.1. The number of aromatic nitrogens is 2. The van der Waals surface area contributed by atoms with Crippen molar-refractivity contribution in [2.24, 2.45) is 0 Å². The molecule has 1 heterocycles. The Kier molecular flexibility index (Phi) is 7.02. The molecule has 0 N–H and O–H groups in total. The number of nitrogens with zero attached hydrogens (tertiary/aromatic N) is 4. The highest BCUT2D eigenvalue weighted by atomic mass is 32.2. The number of rotatable bonds is 8. The smallest absolute Gasteiger partial charge is 0.264 e. The number of aryl methyl sites for hydroxylation is 1. The van der Waals surface area contributed by atoms with Crippen molar-refractivity contribution in [1.82, 2.24) is 14.7 Å². The number of anilines is 1. The van der Waals surface area contributed by atoms with Crippen LogP contribution in [0.5, 0.6) is 0 Å². The van der Waals surface area contributed by atoms with Gasteiger partial charge in [0, 0.05) is 38.0 Å². The summed E-state index contributed by atoms with van der Waals surface area (Å²) < 4.78 is 28.9. The maximum absolute atomic E-state index is 12.9. The molecule has 3 aromatic carbocycles. The molecular formula is C27H28N4O3S. The van der Waals surface area contributed by atoms with Gasteiger partial charge in [0.05, 0.1) is 23.3 Å². The summed E-state index contributed by atoms with van der Waals surface area (Å²) in [6, 6.07) is 23.4. The number of amides is 1. The number of hydrogen-bond acceptors (Lipinski definition) is 4. The third kappa shape index (κ3) is 5.60. The molecule has 4 aromatic rings. The van der Waals surface area contributed by atoms with Gasteiger partial charge in [0.25, 0.3) is 15.9 Å². The minimum absolute atomic E-state index is 0.156. The van der Waals surface area contributed by atoms with Crippen LogP contribution in [0.3, 0.4) is 0 Å². The molecule has 0 aliphatic rings. The van der Waals surface area contributed by atoms with Gasteiger partial charge in [-0.2, -0.15) is 5.10 Å². The normalized spacial score (nSPS) is 11.3. The van der Waals surface area contributed by atoms with E-state index in [2.05, 4.69) is 5.10 Å². The van der Waals surface area contributed by atoms with Crippen molar-refractivity contribution < 1.29 is 13.2 Å². The first-order valence-corrected chi connectivity index (χ1v) is 12.6. The van der Waals surface area contributed by atoms with Crippen LogP contribution < -0.4 is 4.31 Å². The minimum Gasteiger partial charge on any atom is -0.337 e. The number of carbonyl (C=O) groups is 1. The number of benzene rings is 3. The fourth-order valence-corrected chi connectivity index (χ4v) is 4.93. The zero-order valence-electron chi connectivity index (χ0n) is 20.0. The van der Waals surface area contributed by atoms with Crippen molar-refractivity contribution in [3.05, 3.63) is 114 Å². The van der Waals surface area contributed by atoms with Gasteiger partial charge >= 0.3 is 0 Å². The Hall–Kier alpha value is -3.91. The quantitative estimate of drug-likeness (QED) is 0.370. The maximum Gasteiger partial charge on any atom is 0.264 e. The third-order valence-electron chi connectivity index (χ3n) is 5.80. The van der Waals surface area contributed by atoms with Gasteiger partial charge in [0.2, 0.25) is 0 Å². The molecule has 0 saturated heterocycles. The van der Waals surface area contributed by atoms with Crippen molar-refractivity contribution >= 4 is 21.6 Å². The molecule has 0 fully saturated rings. The van der Waals surface area contributed by atoms with Gasteiger partial charge in [-0.1, -0.05) is 48.0 Å². The van der Waals surface area contributed by atoms with Gasteiger partial charge in [0.1, 0.15) is 0 Å². The number of sulfonamides is 1. The monoisotopic (exact) mass is 488 g/mol. The van der Waals surface area contributed by atoms with Gasteiger partial charge in [-0.25, -0.2) is 8.42 Å². The summed E-state index contributed by atoms with van der Waals surface area (Å²) in [5.41, 5.74) is 4.03. The van der Waals surface area contributed by atoms with Crippen LogP contribution in [0.15, 0.2) is 96.2 Å². The molecule has 0 radical (unpaired) electrons. The van der Waals surface area contributed by atoms with Gasteiger partial charge in [-0.3, -0.25) is 13.8 Å². The summed E-state index contributed by atoms with van der Waals surface area (Å²) in [6.07, 6.45) is 3.70. The van der Waals surface area contributed by atoms with Gasteiger partial charge < -0.3 is 4.90 Å². The predicted molar refractivity (Wildman–Crippen MR) is 137 cm³/mol. The van der Waals surface area contributed by atoms with E-state index >= 15 is 0 Å². The van der Waals surface area contributed by atoms with Crippen molar-refractivity contribution in [2.75, 3.05) is 18.4 Å². The topological polar surface area (TPSA) is 75.5 Å². The zero-order chi connectivity index (χ0) is 25.0. The first-order chi connectivity index (χ1) is 16.7. The first-order valence-electron chi connectivity index (χ1n) is 11.2. The summed E-state index contributed by atoms with van der Waals surface area (Å²) >= 11 is 0. The Morgan fingerprint density at radius 2 is 1.54 bits per heavy atom. The largest absolute Gasteiger partial charge is 0.337 e. The van der Waals surface area contributed by atoms with Crippen molar-refractivity contribution in [1.29, 1.82) is 0 Å². The fraction of sp³-hybridized carbons (Fsp3) is 0.185. The van der Waals surface area contributed by atoms with Gasteiger partial charge in [0.15, 0.2) is 0 Å². The van der Waals surface area contributed by atoms with E-state index in [-0.39, 0.29) is 10.8 Å². The lowest BCUT2D eigenvalue weighted by Gasteiger charge is -2.21. The lowest BCUT2D eigenvalue weighted by atomic mass is 10.1. The summed E-state index contributed by atoms with van der Waals surface area (Å²) in [7, 11) is -0.451. The first kappa shape index (κ1) is 24.2. The molecule has 7 nitrogen and oxygen atoms in total. The molecule has 0 saturated carbocycles. The predicted octanol–water partition coefficient (Wildman–Crippen LogP) is 4.34. The lowest BCUT2D eigenvalue weighted by molar-refractivity contribution is 0.0785. The molecule has 0 bridgehead atoms. The van der Waals surface area contributed by atoms with Crippen LogP contribution in [0, 0.1) is 6.92 Å². The highest BCUT2D eigenvalue weighted by molar-refractivity contribution is 7.92. The Morgan fingerprint density at radius 3 is 2.20 bits per heavy atom. The number of hydrogen-bond donors (Lipinski definition) is 0. The molecule has 4 rings (SSSR count). The van der Waals surface area contributed by atoms with Crippen molar-refractivity contribution in [3.8, 4) is 0 Å². The van der Waals surface area contributed by atoms with E-state index in [1.54, 1.807) is 66.7 Å². The van der Waals surface area contributed by atoms with E-state index in [9.17, 15) is 13.2 Å². The average Bonchev–Trinajstić information content (AvgIpc) is 3.30. The Labute approximate surface area is 206 Å². The number of carbonyl (C=O) groups excluding carboxylic acids is 1. The van der Waals surface area contributed by atoms with Gasteiger partial charge in [-0.05, 0) is 48.9 Å². The molecular weight excluding hydrogens is 460 g/mol. The highest BCUT2D eigenvalue weighted by Crippen LogP contribution is 2.23. The van der Waals surface area contributed by atoms with E-state index in [0.717, 1.165) is 16.7 Å². The average molecular weight is 489 g/mol. The zero-order valence-corrected chi connectivity index (χ0v) is 20.8. The van der Waals surface area contributed by atoms with E-state index < -0.39 is 10.0 Å². The lowest BCUT2D eigenvalue weighted by Crippen LogP contribution is -2.27. The maximum atomic E-state index is 12.9. The van der Waals surface area contributed by atoms with Crippen LogP contribution in [0.25, 0.3) is 0 Å². The molecule has 1 amide bonds. The second-order valence-electron chi connectivity index (χ2n) is 8.53. The van der Waals surface area contributed by atoms with E-state index in [4.69, 9.17) is 0 Å². The molecule has 0 aliphatic heterocycles. The Morgan fingerprint density at radius 1 is 0.886 bits per heavy atom. The van der Waals surface area contributed by atoms with Crippen LogP contribution >= 0.6 is 0 Å². The van der Waals surface area contributed by atoms with Crippen LogP contribution in [0.2, 0.25) is 0 Å². The van der Waals surface area contributed by atoms with Crippen LogP contribution in [-0.4, -0.2) is 43.1 Å².